The molecular formula is C27H25ClN4. The largest absolute Gasteiger partial charge is 0.361 e. The van der Waals surface area contributed by atoms with E-state index in [1.807, 2.05) is 48.8 Å². The first-order valence-electron chi connectivity index (χ1n) is 11.2. The molecule has 1 saturated heterocycles. The molecule has 1 N–H and O–H groups in total. The first kappa shape index (κ1) is 20.8. The van der Waals surface area contributed by atoms with Crippen LogP contribution in [0.5, 0.6) is 0 Å². The average molecular weight is 441 g/mol. The van der Waals surface area contributed by atoms with E-state index in [0.717, 1.165) is 46.6 Å². The van der Waals surface area contributed by atoms with Crippen LogP contribution >= 0.6 is 11.6 Å². The molecule has 5 heteroatoms. The summed E-state index contributed by atoms with van der Waals surface area (Å²) in [4.78, 5) is 10.6. The number of nitrogens with zero attached hydrogens (tertiary/aromatic N) is 3. The summed E-state index contributed by atoms with van der Waals surface area (Å²) in [5.74, 6) is 0. The first-order valence-corrected chi connectivity index (χ1v) is 11.5. The summed E-state index contributed by atoms with van der Waals surface area (Å²) in [5.41, 5.74) is 6.38. The van der Waals surface area contributed by atoms with Crippen molar-refractivity contribution in [3.63, 3.8) is 0 Å². The Morgan fingerprint density at radius 2 is 1.91 bits per heavy atom. The fourth-order valence-corrected chi connectivity index (χ4v) is 4.97. The number of nitriles is 1. The molecule has 4 nitrogen and oxygen atoms in total. The van der Waals surface area contributed by atoms with Gasteiger partial charge in [0.25, 0.3) is 0 Å². The third kappa shape index (κ3) is 4.27. The number of hydrogen-bond acceptors (Lipinski definition) is 3. The standard InChI is InChI=1S/C27H25ClN4/c28-24-6-4-5-20(13-24)21-12-23(17-30-16-21)27(32-9-2-1-3-10-32)14-22-18-31-26-8-7-19(15-29)11-25(22)26/h4-8,11-13,16-18,27,31H,1-3,9-10,14H2. The van der Waals surface area contributed by atoms with Crippen LogP contribution in [0.3, 0.4) is 0 Å². The fourth-order valence-electron chi connectivity index (χ4n) is 4.78. The van der Waals surface area contributed by atoms with E-state index in [1.165, 1.54) is 30.4 Å². The Morgan fingerprint density at radius 1 is 1.03 bits per heavy atom. The van der Waals surface area contributed by atoms with E-state index in [9.17, 15) is 5.26 Å². The number of piperidine rings is 1. The molecule has 0 bridgehead atoms. The summed E-state index contributed by atoms with van der Waals surface area (Å²) in [6, 6.07) is 18.5. The number of rotatable bonds is 5. The summed E-state index contributed by atoms with van der Waals surface area (Å²) >= 11 is 6.24. The van der Waals surface area contributed by atoms with Crippen molar-refractivity contribution in [2.45, 2.75) is 31.7 Å². The molecule has 1 unspecified atom stereocenters. The van der Waals surface area contributed by atoms with Crippen LogP contribution in [-0.2, 0) is 6.42 Å². The molecule has 1 atom stereocenters. The molecule has 1 aliphatic heterocycles. The van der Waals surface area contributed by atoms with E-state index in [2.05, 4.69) is 39.3 Å². The van der Waals surface area contributed by atoms with Crippen LogP contribution in [0.2, 0.25) is 5.02 Å². The Labute approximate surface area is 193 Å². The van der Waals surface area contributed by atoms with Gasteiger partial charge in [-0.3, -0.25) is 9.88 Å². The van der Waals surface area contributed by atoms with Crippen molar-refractivity contribution in [2.75, 3.05) is 13.1 Å². The summed E-state index contributed by atoms with van der Waals surface area (Å²) in [6.45, 7) is 2.19. The SMILES string of the molecule is N#Cc1ccc2[nH]cc(CC(c3cncc(-c4cccc(Cl)c4)c3)N3CCCCC3)c2c1. The topological polar surface area (TPSA) is 55.7 Å². The molecule has 0 saturated carbocycles. The number of H-pyrrole nitrogens is 1. The lowest BCUT2D eigenvalue weighted by molar-refractivity contribution is 0.162. The van der Waals surface area contributed by atoms with E-state index in [1.54, 1.807) is 0 Å². The van der Waals surface area contributed by atoms with Gasteiger partial charge >= 0.3 is 0 Å². The van der Waals surface area contributed by atoms with Gasteiger partial charge in [-0.2, -0.15) is 5.26 Å². The van der Waals surface area contributed by atoms with Gasteiger partial charge in [-0.25, -0.2) is 0 Å². The molecule has 2 aromatic heterocycles. The second-order valence-electron chi connectivity index (χ2n) is 8.52. The lowest BCUT2D eigenvalue weighted by atomic mass is 9.94. The highest BCUT2D eigenvalue weighted by atomic mass is 35.5. The molecule has 1 aliphatic rings. The molecule has 32 heavy (non-hydrogen) atoms. The van der Waals surface area contributed by atoms with Crippen molar-refractivity contribution in [1.29, 1.82) is 5.26 Å². The predicted octanol–water partition coefficient (Wildman–Crippen LogP) is 6.52. The molecule has 3 heterocycles. The summed E-state index contributed by atoms with van der Waals surface area (Å²) in [5, 5.41) is 11.2. The van der Waals surface area contributed by atoms with Crippen molar-refractivity contribution < 1.29 is 0 Å². The maximum absolute atomic E-state index is 9.36. The number of benzene rings is 2. The lowest BCUT2D eigenvalue weighted by Crippen LogP contribution is -2.35. The normalized spacial score (nSPS) is 15.5. The highest BCUT2D eigenvalue weighted by Gasteiger charge is 2.24. The number of aromatic nitrogens is 2. The predicted molar refractivity (Wildman–Crippen MR) is 130 cm³/mol. The summed E-state index contributed by atoms with van der Waals surface area (Å²) < 4.78 is 0. The smallest absolute Gasteiger partial charge is 0.0991 e. The van der Waals surface area contributed by atoms with Crippen molar-refractivity contribution in [2.24, 2.45) is 0 Å². The zero-order valence-corrected chi connectivity index (χ0v) is 18.6. The molecule has 2 aromatic carbocycles. The fraction of sp³-hybridized carbons (Fsp3) is 0.259. The zero-order chi connectivity index (χ0) is 21.9. The van der Waals surface area contributed by atoms with Crippen LogP contribution in [0.25, 0.3) is 22.0 Å². The number of halogens is 1. The maximum atomic E-state index is 9.36. The third-order valence-corrected chi connectivity index (χ3v) is 6.68. The number of nitrogens with one attached hydrogen (secondary N) is 1. The highest BCUT2D eigenvalue weighted by Crippen LogP contribution is 2.33. The third-order valence-electron chi connectivity index (χ3n) is 6.44. The second-order valence-corrected chi connectivity index (χ2v) is 8.96. The molecule has 0 radical (unpaired) electrons. The van der Waals surface area contributed by atoms with Crippen LogP contribution in [0.1, 0.15) is 42.0 Å². The second kappa shape index (κ2) is 9.16. The quantitative estimate of drug-likeness (QED) is 0.384. The Kier molecular flexibility index (Phi) is 5.94. The van der Waals surface area contributed by atoms with E-state index in [4.69, 9.17) is 11.6 Å². The average Bonchev–Trinajstić information content (AvgIpc) is 3.25. The van der Waals surface area contributed by atoms with Crippen LogP contribution in [-0.4, -0.2) is 28.0 Å². The number of pyridine rings is 1. The van der Waals surface area contributed by atoms with Crippen LogP contribution in [0.4, 0.5) is 0 Å². The minimum Gasteiger partial charge on any atom is -0.361 e. The molecule has 1 fully saturated rings. The number of likely N-dealkylation sites (tertiary alicyclic amines) is 1. The van der Waals surface area contributed by atoms with Crippen molar-refractivity contribution in [1.82, 2.24) is 14.9 Å². The Bertz CT molecular complexity index is 1280. The molecule has 160 valence electrons. The number of hydrogen-bond donors (Lipinski definition) is 1. The minimum atomic E-state index is 0.228. The van der Waals surface area contributed by atoms with Crippen molar-refractivity contribution >= 4 is 22.5 Å². The first-order chi connectivity index (χ1) is 15.7. The van der Waals surface area contributed by atoms with Gasteiger partial charge in [0.05, 0.1) is 11.6 Å². The molecule has 5 rings (SSSR count). The number of fused-ring (bicyclic) bond motifs is 1. The van der Waals surface area contributed by atoms with Crippen LogP contribution < -0.4 is 0 Å². The Morgan fingerprint density at radius 3 is 2.72 bits per heavy atom. The van der Waals surface area contributed by atoms with Gasteiger partial charge in [-0.05, 0) is 85.4 Å². The minimum absolute atomic E-state index is 0.228. The Balaban J connectivity index is 1.54. The molecular weight excluding hydrogens is 416 g/mol. The van der Waals surface area contributed by atoms with E-state index < -0.39 is 0 Å². The highest BCUT2D eigenvalue weighted by molar-refractivity contribution is 6.30. The van der Waals surface area contributed by atoms with Gasteiger partial charge in [-0.1, -0.05) is 30.2 Å². The maximum Gasteiger partial charge on any atom is 0.0991 e. The van der Waals surface area contributed by atoms with E-state index >= 15 is 0 Å². The summed E-state index contributed by atoms with van der Waals surface area (Å²) in [7, 11) is 0. The van der Waals surface area contributed by atoms with Gasteiger partial charge < -0.3 is 4.98 Å². The monoisotopic (exact) mass is 440 g/mol. The summed E-state index contributed by atoms with van der Waals surface area (Å²) in [6.07, 6.45) is 10.6. The Hall–Kier alpha value is -3.13. The number of aromatic amines is 1. The van der Waals surface area contributed by atoms with Gasteiger partial charge in [0.2, 0.25) is 0 Å². The van der Waals surface area contributed by atoms with Gasteiger partial charge in [0.1, 0.15) is 0 Å². The van der Waals surface area contributed by atoms with Crippen LogP contribution in [0.15, 0.2) is 67.1 Å². The van der Waals surface area contributed by atoms with Crippen molar-refractivity contribution in [3.8, 4) is 17.2 Å². The lowest BCUT2D eigenvalue weighted by Gasteiger charge is -2.35. The van der Waals surface area contributed by atoms with E-state index in [-0.39, 0.29) is 6.04 Å². The molecule has 0 amide bonds. The van der Waals surface area contributed by atoms with Gasteiger partial charge in [0.15, 0.2) is 0 Å². The van der Waals surface area contributed by atoms with Gasteiger partial charge in [0, 0.05) is 46.1 Å². The van der Waals surface area contributed by atoms with E-state index in [0.29, 0.717) is 5.56 Å². The van der Waals surface area contributed by atoms with Gasteiger partial charge in [-0.15, -0.1) is 0 Å². The molecule has 0 aliphatic carbocycles. The zero-order valence-electron chi connectivity index (χ0n) is 17.9. The molecule has 0 spiro atoms. The van der Waals surface area contributed by atoms with Crippen molar-refractivity contribution in [3.05, 3.63) is 88.8 Å². The molecule has 4 aromatic rings. The van der Waals surface area contributed by atoms with Crippen LogP contribution in [0, 0.1) is 11.3 Å².